The molecule has 54 valence electrons. The van der Waals surface area contributed by atoms with Crippen molar-refractivity contribution in [2.75, 3.05) is 0 Å². The van der Waals surface area contributed by atoms with Crippen LogP contribution in [0, 0.1) is 5.41 Å². The first kappa shape index (κ1) is 8.70. The average molecular weight is 127 g/mol. The summed E-state index contributed by atoms with van der Waals surface area (Å²) >= 11 is 0. The maximum Gasteiger partial charge on any atom is 0.0195 e. The predicted octanol–water partition coefficient (Wildman–Crippen LogP) is 1.94. The van der Waals surface area contributed by atoms with Crippen molar-refractivity contribution < 1.29 is 0 Å². The Morgan fingerprint density at radius 2 is 1.78 bits per heavy atom. The second-order valence-corrected chi connectivity index (χ2v) is 3.58. The Morgan fingerprint density at radius 1 is 1.33 bits per heavy atom. The highest BCUT2D eigenvalue weighted by atomic mass is 14.6. The minimum absolute atomic E-state index is 0.184. The number of hydrogen-bond acceptors (Lipinski definition) is 1. The van der Waals surface area contributed by atoms with Crippen molar-refractivity contribution in [3.63, 3.8) is 0 Å². The fourth-order valence-electron chi connectivity index (χ4n) is 0.440. The topological polar surface area (TPSA) is 26.0 Å². The molecule has 0 aromatic rings. The molecule has 1 heteroatoms. The Labute approximate surface area is 57.9 Å². The molecule has 0 saturated heterocycles. The molecule has 0 aromatic heterocycles. The van der Waals surface area contributed by atoms with Crippen LogP contribution in [0.15, 0.2) is 12.2 Å². The van der Waals surface area contributed by atoms with Gasteiger partial charge in [0.1, 0.15) is 0 Å². The van der Waals surface area contributed by atoms with Crippen molar-refractivity contribution in [3.05, 3.63) is 12.2 Å². The first-order chi connectivity index (χ1) is 3.92. The van der Waals surface area contributed by atoms with E-state index in [0.29, 0.717) is 0 Å². The van der Waals surface area contributed by atoms with Crippen molar-refractivity contribution in [1.29, 1.82) is 0 Å². The van der Waals surface area contributed by atoms with Crippen molar-refractivity contribution in [2.24, 2.45) is 11.1 Å². The average Bonchev–Trinajstić information content (AvgIpc) is 1.59. The van der Waals surface area contributed by atoms with Gasteiger partial charge in [0, 0.05) is 6.04 Å². The van der Waals surface area contributed by atoms with Gasteiger partial charge in [-0.15, -0.1) is 0 Å². The molecule has 0 rings (SSSR count). The van der Waals surface area contributed by atoms with Crippen molar-refractivity contribution in [2.45, 2.75) is 33.7 Å². The third kappa shape index (κ3) is 7.70. The molecular formula is C8H17N. The Morgan fingerprint density at radius 3 is 1.89 bits per heavy atom. The molecule has 0 aliphatic carbocycles. The number of rotatable bonds is 1. The monoisotopic (exact) mass is 127 g/mol. The van der Waals surface area contributed by atoms with Gasteiger partial charge in [0.05, 0.1) is 0 Å². The van der Waals surface area contributed by atoms with Crippen LogP contribution in [-0.2, 0) is 0 Å². The number of nitrogens with two attached hydrogens (primary N) is 1. The van der Waals surface area contributed by atoms with Gasteiger partial charge in [-0.2, -0.15) is 0 Å². The van der Waals surface area contributed by atoms with E-state index in [0.717, 1.165) is 0 Å². The van der Waals surface area contributed by atoms with Crippen LogP contribution in [0.1, 0.15) is 27.7 Å². The van der Waals surface area contributed by atoms with Crippen molar-refractivity contribution in [3.8, 4) is 0 Å². The number of allylic oxidation sites excluding steroid dienone is 1. The summed E-state index contributed by atoms with van der Waals surface area (Å²) in [6.07, 6.45) is 4.16. The van der Waals surface area contributed by atoms with Crippen LogP contribution >= 0.6 is 0 Å². The third-order valence-electron chi connectivity index (χ3n) is 0.900. The summed E-state index contributed by atoms with van der Waals surface area (Å²) < 4.78 is 0. The maximum atomic E-state index is 5.51. The summed E-state index contributed by atoms with van der Waals surface area (Å²) in [5, 5.41) is 0. The zero-order valence-corrected chi connectivity index (χ0v) is 6.81. The van der Waals surface area contributed by atoms with E-state index < -0.39 is 0 Å². The van der Waals surface area contributed by atoms with Crippen molar-refractivity contribution in [1.82, 2.24) is 0 Å². The second-order valence-electron chi connectivity index (χ2n) is 3.58. The van der Waals surface area contributed by atoms with Gasteiger partial charge in [0.15, 0.2) is 0 Å². The second kappa shape index (κ2) is 3.02. The molecule has 0 radical (unpaired) electrons. The SMILES string of the molecule is CC(N)/C=C/C(C)(C)C. The highest BCUT2D eigenvalue weighted by Crippen LogP contribution is 2.14. The van der Waals surface area contributed by atoms with Gasteiger partial charge in [0.2, 0.25) is 0 Å². The molecule has 0 aliphatic rings. The Balaban J connectivity index is 3.71. The molecule has 9 heavy (non-hydrogen) atoms. The minimum Gasteiger partial charge on any atom is -0.325 e. The summed E-state index contributed by atoms with van der Waals surface area (Å²) in [7, 11) is 0. The summed E-state index contributed by atoms with van der Waals surface area (Å²) in [5.41, 5.74) is 5.78. The molecule has 2 N–H and O–H groups in total. The predicted molar refractivity (Wildman–Crippen MR) is 42.2 cm³/mol. The van der Waals surface area contributed by atoms with Gasteiger partial charge >= 0.3 is 0 Å². The molecule has 0 aliphatic heterocycles. The molecule has 0 saturated carbocycles. The smallest absolute Gasteiger partial charge is 0.0195 e. The lowest BCUT2D eigenvalue weighted by Gasteiger charge is -2.11. The minimum atomic E-state index is 0.184. The van der Waals surface area contributed by atoms with Gasteiger partial charge < -0.3 is 5.73 Å². The summed E-state index contributed by atoms with van der Waals surface area (Å²) in [6, 6.07) is 0.184. The largest absolute Gasteiger partial charge is 0.325 e. The third-order valence-corrected chi connectivity index (χ3v) is 0.900. The lowest BCUT2D eigenvalue weighted by atomic mass is 9.96. The molecular weight excluding hydrogens is 110 g/mol. The van der Waals surface area contributed by atoms with E-state index in [1.165, 1.54) is 0 Å². The quantitative estimate of drug-likeness (QED) is 0.535. The van der Waals surface area contributed by atoms with Gasteiger partial charge in [-0.1, -0.05) is 32.9 Å². The van der Waals surface area contributed by atoms with Gasteiger partial charge in [-0.3, -0.25) is 0 Å². The Hall–Kier alpha value is -0.300. The maximum absolute atomic E-state index is 5.51. The van der Waals surface area contributed by atoms with Crippen LogP contribution in [0.5, 0.6) is 0 Å². The molecule has 0 spiro atoms. The van der Waals surface area contributed by atoms with E-state index in [1.54, 1.807) is 0 Å². The lowest BCUT2D eigenvalue weighted by Crippen LogP contribution is -2.12. The fraction of sp³-hybridized carbons (Fsp3) is 0.750. The van der Waals surface area contributed by atoms with Crippen LogP contribution in [0.2, 0.25) is 0 Å². The molecule has 0 fully saturated rings. The Kier molecular flexibility index (Phi) is 2.92. The lowest BCUT2D eigenvalue weighted by molar-refractivity contribution is 0.541. The van der Waals surface area contributed by atoms with Crippen molar-refractivity contribution >= 4 is 0 Å². The first-order valence-electron chi connectivity index (χ1n) is 3.37. The van der Waals surface area contributed by atoms with E-state index in [2.05, 4.69) is 26.8 Å². The normalized spacial score (nSPS) is 16.6. The summed E-state index contributed by atoms with van der Waals surface area (Å²) in [6.45, 7) is 8.45. The molecule has 1 nitrogen and oxygen atoms in total. The highest BCUT2D eigenvalue weighted by Gasteiger charge is 2.02. The standard InChI is InChI=1S/C8H17N/c1-7(9)5-6-8(2,3)4/h5-7H,9H2,1-4H3/b6-5+. The van der Waals surface area contributed by atoms with Crippen LogP contribution < -0.4 is 5.73 Å². The van der Waals surface area contributed by atoms with E-state index in [-0.39, 0.29) is 11.5 Å². The number of hydrogen-bond donors (Lipinski definition) is 1. The zero-order chi connectivity index (χ0) is 7.49. The molecule has 0 aromatic carbocycles. The zero-order valence-electron chi connectivity index (χ0n) is 6.81. The summed E-state index contributed by atoms with van der Waals surface area (Å²) in [5.74, 6) is 0. The van der Waals surface area contributed by atoms with E-state index >= 15 is 0 Å². The fourth-order valence-corrected chi connectivity index (χ4v) is 0.440. The molecule has 1 unspecified atom stereocenters. The molecule has 0 amide bonds. The van der Waals surface area contributed by atoms with Crippen LogP contribution in [0.4, 0.5) is 0 Å². The van der Waals surface area contributed by atoms with Gasteiger partial charge in [-0.25, -0.2) is 0 Å². The first-order valence-corrected chi connectivity index (χ1v) is 3.37. The van der Waals surface area contributed by atoms with E-state index in [4.69, 9.17) is 5.73 Å². The van der Waals surface area contributed by atoms with Crippen LogP contribution in [0.25, 0.3) is 0 Å². The molecule has 0 heterocycles. The Bertz CT molecular complexity index is 95.6. The highest BCUT2D eigenvalue weighted by molar-refractivity contribution is 4.96. The van der Waals surface area contributed by atoms with Gasteiger partial charge in [0.25, 0.3) is 0 Å². The van der Waals surface area contributed by atoms with Crippen LogP contribution in [-0.4, -0.2) is 6.04 Å². The van der Waals surface area contributed by atoms with Crippen LogP contribution in [0.3, 0.4) is 0 Å². The van der Waals surface area contributed by atoms with E-state index in [9.17, 15) is 0 Å². The summed E-state index contributed by atoms with van der Waals surface area (Å²) in [4.78, 5) is 0. The van der Waals surface area contributed by atoms with Gasteiger partial charge in [-0.05, 0) is 12.3 Å². The molecule has 0 bridgehead atoms. The molecule has 1 atom stereocenters. The van der Waals surface area contributed by atoms with E-state index in [1.807, 2.05) is 13.0 Å².